The van der Waals surface area contributed by atoms with Crippen LogP contribution < -0.4 is 5.43 Å². The molecule has 0 aliphatic rings. The summed E-state index contributed by atoms with van der Waals surface area (Å²) in [6.45, 7) is 0. The second-order valence-electron chi connectivity index (χ2n) is 3.25. The summed E-state index contributed by atoms with van der Waals surface area (Å²) in [5, 5.41) is 2.62. The number of aromatic nitrogens is 1. The van der Waals surface area contributed by atoms with Gasteiger partial charge < -0.3 is 0 Å². The van der Waals surface area contributed by atoms with Crippen molar-refractivity contribution in [2.24, 2.45) is 0 Å². The molecule has 0 spiro atoms. The van der Waals surface area contributed by atoms with E-state index in [0.29, 0.717) is 6.42 Å². The average molecular weight is 257 g/mol. The van der Waals surface area contributed by atoms with Gasteiger partial charge in [-0.1, -0.05) is 16.9 Å². The largest absolute Gasteiger partial charge is 0.289 e. The smallest absolute Gasteiger partial charge is 0.235 e. The van der Waals surface area contributed by atoms with E-state index in [9.17, 15) is 4.79 Å². The van der Waals surface area contributed by atoms with Gasteiger partial charge in [-0.2, -0.15) is 0 Å². The summed E-state index contributed by atoms with van der Waals surface area (Å²) in [6.07, 6.45) is 2.28. The van der Waals surface area contributed by atoms with Gasteiger partial charge >= 0.3 is 0 Å². The van der Waals surface area contributed by atoms with Crippen LogP contribution in [-0.4, -0.2) is 35.7 Å². The molecule has 1 rings (SSSR count). The van der Waals surface area contributed by atoms with E-state index in [1.54, 1.807) is 46.9 Å². The Balaban J connectivity index is 2.10. The predicted molar refractivity (Wildman–Crippen MR) is 69.0 cm³/mol. The molecule has 0 saturated carbocycles. The lowest BCUT2D eigenvalue weighted by Crippen LogP contribution is -2.36. The van der Waals surface area contributed by atoms with Crippen molar-refractivity contribution in [3.63, 3.8) is 0 Å². The van der Waals surface area contributed by atoms with Crippen LogP contribution in [0.5, 0.6) is 0 Å². The van der Waals surface area contributed by atoms with Gasteiger partial charge in [0.15, 0.2) is 0 Å². The molecular formula is C10H15N3OS2. The van der Waals surface area contributed by atoms with Crippen molar-refractivity contribution in [3.05, 3.63) is 24.4 Å². The molecule has 0 aliphatic carbocycles. The van der Waals surface area contributed by atoms with Crippen molar-refractivity contribution >= 4 is 27.5 Å². The number of hydrogen-bond donors (Lipinski definition) is 1. The number of nitrogens with one attached hydrogen (secondary N) is 1. The summed E-state index contributed by atoms with van der Waals surface area (Å²) in [4.78, 5) is 15.5. The maximum atomic E-state index is 11.3. The fourth-order valence-corrected chi connectivity index (χ4v) is 2.81. The van der Waals surface area contributed by atoms with E-state index in [1.165, 1.54) is 0 Å². The number of hydrogen-bond acceptors (Lipinski definition) is 5. The molecular weight excluding hydrogens is 242 g/mol. The molecule has 0 aliphatic heterocycles. The van der Waals surface area contributed by atoms with Crippen LogP contribution in [0.1, 0.15) is 6.42 Å². The Bertz CT molecular complexity index is 319. The van der Waals surface area contributed by atoms with Gasteiger partial charge in [0.2, 0.25) is 5.91 Å². The summed E-state index contributed by atoms with van der Waals surface area (Å²) < 4.78 is 0. The normalized spacial score (nSPS) is 10.4. The van der Waals surface area contributed by atoms with Crippen LogP contribution in [0.2, 0.25) is 0 Å². The first kappa shape index (κ1) is 13.3. The number of hydrazine groups is 1. The Morgan fingerprint density at radius 3 is 2.94 bits per heavy atom. The molecule has 0 saturated heterocycles. The van der Waals surface area contributed by atoms with Crippen molar-refractivity contribution in [2.75, 3.05) is 19.8 Å². The Hall–Kier alpha value is -0.720. The van der Waals surface area contributed by atoms with E-state index in [2.05, 4.69) is 10.4 Å². The quantitative estimate of drug-likeness (QED) is 0.478. The lowest BCUT2D eigenvalue weighted by atomic mass is 10.5. The number of carbonyl (C=O) groups is 1. The molecule has 0 bridgehead atoms. The first-order chi connectivity index (χ1) is 7.68. The van der Waals surface area contributed by atoms with Gasteiger partial charge in [0, 0.05) is 32.5 Å². The highest BCUT2D eigenvalue weighted by Crippen LogP contribution is 2.29. The van der Waals surface area contributed by atoms with E-state index in [1.807, 2.05) is 18.2 Å². The van der Waals surface area contributed by atoms with E-state index < -0.39 is 0 Å². The number of amides is 1. The van der Waals surface area contributed by atoms with Crippen molar-refractivity contribution in [1.29, 1.82) is 0 Å². The first-order valence-corrected chi connectivity index (χ1v) is 7.17. The molecule has 16 heavy (non-hydrogen) atoms. The van der Waals surface area contributed by atoms with Crippen molar-refractivity contribution in [2.45, 2.75) is 11.4 Å². The van der Waals surface area contributed by atoms with Gasteiger partial charge in [-0.05, 0) is 22.9 Å². The van der Waals surface area contributed by atoms with Crippen LogP contribution in [0, 0.1) is 0 Å². The number of nitrogens with zero attached hydrogens (tertiary/aromatic N) is 2. The van der Waals surface area contributed by atoms with E-state index in [0.717, 1.165) is 10.8 Å². The molecule has 0 atom stereocenters. The number of carbonyl (C=O) groups excluding carboxylic acids is 1. The minimum atomic E-state index is 0.0409. The Morgan fingerprint density at radius 1 is 1.50 bits per heavy atom. The lowest BCUT2D eigenvalue weighted by molar-refractivity contribution is -0.124. The number of rotatable bonds is 6. The fraction of sp³-hybridized carbons (Fsp3) is 0.400. The SMILES string of the molecule is CN(C)NC(=O)CCSSc1ccccn1. The van der Waals surface area contributed by atoms with Crippen LogP contribution in [0.3, 0.4) is 0 Å². The molecule has 0 fully saturated rings. The van der Waals surface area contributed by atoms with E-state index in [4.69, 9.17) is 0 Å². The molecule has 4 nitrogen and oxygen atoms in total. The highest BCUT2D eigenvalue weighted by atomic mass is 33.1. The maximum absolute atomic E-state index is 11.3. The molecule has 88 valence electrons. The van der Waals surface area contributed by atoms with Crippen molar-refractivity contribution in [1.82, 2.24) is 15.4 Å². The Labute approximate surface area is 104 Å². The highest BCUT2D eigenvalue weighted by Gasteiger charge is 2.02. The zero-order valence-electron chi connectivity index (χ0n) is 9.34. The molecule has 1 aromatic heterocycles. The van der Waals surface area contributed by atoms with Gasteiger partial charge in [0.1, 0.15) is 5.03 Å². The third-order valence-corrected chi connectivity index (χ3v) is 3.81. The van der Waals surface area contributed by atoms with Crippen molar-refractivity contribution < 1.29 is 4.79 Å². The summed E-state index contributed by atoms with van der Waals surface area (Å²) in [5.41, 5.74) is 2.70. The van der Waals surface area contributed by atoms with Crippen LogP contribution >= 0.6 is 21.6 Å². The second-order valence-corrected chi connectivity index (χ2v) is 5.69. The van der Waals surface area contributed by atoms with Crippen LogP contribution in [0.25, 0.3) is 0 Å². The van der Waals surface area contributed by atoms with Crippen molar-refractivity contribution in [3.8, 4) is 0 Å². The van der Waals surface area contributed by atoms with Gasteiger partial charge in [0.25, 0.3) is 0 Å². The predicted octanol–water partition coefficient (Wildman–Crippen LogP) is 1.80. The zero-order chi connectivity index (χ0) is 11.8. The summed E-state index contributed by atoms with van der Waals surface area (Å²) in [5.74, 6) is 0.820. The lowest BCUT2D eigenvalue weighted by Gasteiger charge is -2.10. The number of pyridine rings is 1. The minimum Gasteiger partial charge on any atom is -0.289 e. The van der Waals surface area contributed by atoms with Gasteiger partial charge in [-0.3, -0.25) is 10.2 Å². The van der Waals surface area contributed by atoms with Gasteiger partial charge in [-0.25, -0.2) is 9.99 Å². The summed E-state index contributed by atoms with van der Waals surface area (Å²) in [7, 11) is 6.83. The first-order valence-electron chi connectivity index (χ1n) is 4.86. The molecule has 1 amide bonds. The summed E-state index contributed by atoms with van der Waals surface area (Å²) in [6, 6.07) is 5.80. The van der Waals surface area contributed by atoms with E-state index in [-0.39, 0.29) is 5.91 Å². The van der Waals surface area contributed by atoms with E-state index >= 15 is 0 Å². The van der Waals surface area contributed by atoms with Gasteiger partial charge in [0.05, 0.1) is 0 Å². The standard InChI is InChI=1S/C10H15N3OS2/c1-13(2)12-9(14)6-8-15-16-10-5-3-4-7-11-10/h3-5,7H,6,8H2,1-2H3,(H,12,14). The molecule has 6 heteroatoms. The third kappa shape index (κ3) is 5.99. The third-order valence-electron chi connectivity index (χ3n) is 1.54. The molecule has 1 heterocycles. The molecule has 0 unspecified atom stereocenters. The molecule has 0 radical (unpaired) electrons. The Morgan fingerprint density at radius 2 is 2.31 bits per heavy atom. The summed E-state index contributed by atoms with van der Waals surface area (Å²) >= 11 is 0. The second kappa shape index (κ2) is 7.54. The molecule has 1 N–H and O–H groups in total. The van der Waals surface area contributed by atoms with Crippen LogP contribution in [0.15, 0.2) is 29.4 Å². The monoisotopic (exact) mass is 257 g/mol. The maximum Gasteiger partial charge on any atom is 0.235 e. The molecule has 1 aromatic rings. The van der Waals surface area contributed by atoms with Crippen LogP contribution in [-0.2, 0) is 4.79 Å². The minimum absolute atomic E-state index is 0.0409. The molecule has 0 aromatic carbocycles. The fourth-order valence-electron chi connectivity index (χ4n) is 0.938. The zero-order valence-corrected chi connectivity index (χ0v) is 11.0. The van der Waals surface area contributed by atoms with Gasteiger partial charge in [-0.15, -0.1) is 0 Å². The average Bonchev–Trinajstić information content (AvgIpc) is 2.25. The van der Waals surface area contributed by atoms with Crippen LogP contribution in [0.4, 0.5) is 0 Å². The highest BCUT2D eigenvalue weighted by molar-refractivity contribution is 8.76. The topological polar surface area (TPSA) is 45.2 Å². The Kier molecular flexibility index (Phi) is 6.29.